The minimum Gasteiger partial charge on any atom is -0.381 e. The smallest absolute Gasteiger partial charge is 0.254 e. The highest BCUT2D eigenvalue weighted by atomic mass is 16.5. The summed E-state index contributed by atoms with van der Waals surface area (Å²) in [5.74, 6) is -0.851. The van der Waals surface area contributed by atoms with Gasteiger partial charge in [0.15, 0.2) is 0 Å². The lowest BCUT2D eigenvalue weighted by Crippen LogP contribution is -2.38. The quantitative estimate of drug-likeness (QED) is 0.501. The zero-order valence-corrected chi connectivity index (χ0v) is 24.7. The van der Waals surface area contributed by atoms with Gasteiger partial charge in [-0.05, 0) is 62.9 Å². The van der Waals surface area contributed by atoms with Gasteiger partial charge in [-0.2, -0.15) is 5.10 Å². The van der Waals surface area contributed by atoms with Crippen LogP contribution in [0.5, 0.6) is 0 Å². The zero-order chi connectivity index (χ0) is 28.9. The SMILES string of the molecule is CC1=CC(C)=NC(=O)C1CNC(=O)c1cc(-c2cnn(CCN3CCOCC3)c2)cc(N(C)C2CCOCC2)c1C. The Morgan fingerprint density at radius 1 is 1.05 bits per heavy atom. The molecule has 0 saturated carbocycles. The van der Waals surface area contributed by atoms with Crippen molar-refractivity contribution >= 4 is 23.2 Å². The van der Waals surface area contributed by atoms with Gasteiger partial charge in [0, 0.05) is 81.2 Å². The summed E-state index contributed by atoms with van der Waals surface area (Å²) in [5, 5.41) is 7.66. The van der Waals surface area contributed by atoms with Gasteiger partial charge in [0.2, 0.25) is 0 Å². The molecule has 4 heterocycles. The third-order valence-corrected chi connectivity index (χ3v) is 8.50. The Kier molecular flexibility index (Phi) is 9.32. The fraction of sp³-hybridized carbons (Fsp3) is 0.548. The Labute approximate surface area is 242 Å². The molecule has 1 N–H and O–H groups in total. The first-order valence-electron chi connectivity index (χ1n) is 14.6. The number of carbonyl (C=O) groups is 2. The zero-order valence-electron chi connectivity index (χ0n) is 24.7. The predicted molar refractivity (Wildman–Crippen MR) is 160 cm³/mol. The van der Waals surface area contributed by atoms with Crippen LogP contribution in [0.1, 0.15) is 42.6 Å². The van der Waals surface area contributed by atoms with Gasteiger partial charge in [0.1, 0.15) is 0 Å². The average molecular weight is 563 g/mol. The Bertz CT molecular complexity index is 1320. The molecule has 10 heteroatoms. The molecule has 0 aliphatic carbocycles. The predicted octanol–water partition coefficient (Wildman–Crippen LogP) is 3.10. The molecule has 2 fully saturated rings. The van der Waals surface area contributed by atoms with Gasteiger partial charge in [0.05, 0.1) is 31.9 Å². The van der Waals surface area contributed by atoms with Crippen LogP contribution in [0, 0.1) is 12.8 Å². The van der Waals surface area contributed by atoms with E-state index in [-0.39, 0.29) is 18.4 Å². The van der Waals surface area contributed by atoms with Crippen molar-refractivity contribution in [1.29, 1.82) is 0 Å². The van der Waals surface area contributed by atoms with Crippen LogP contribution in [0.4, 0.5) is 5.69 Å². The number of aromatic nitrogens is 2. The van der Waals surface area contributed by atoms with Crippen LogP contribution in [0.3, 0.4) is 0 Å². The minimum absolute atomic E-state index is 0.197. The lowest BCUT2D eigenvalue weighted by atomic mass is 9.94. The summed E-state index contributed by atoms with van der Waals surface area (Å²) in [6, 6.07) is 4.45. The third-order valence-electron chi connectivity index (χ3n) is 8.50. The first-order valence-corrected chi connectivity index (χ1v) is 14.6. The van der Waals surface area contributed by atoms with Crippen LogP contribution in [0.25, 0.3) is 11.1 Å². The van der Waals surface area contributed by atoms with Gasteiger partial charge in [-0.1, -0.05) is 5.57 Å². The molecule has 2 amide bonds. The number of morpholine rings is 1. The molecule has 1 unspecified atom stereocenters. The number of nitrogens with zero attached hydrogens (tertiary/aromatic N) is 5. The molecule has 10 nitrogen and oxygen atoms in total. The van der Waals surface area contributed by atoms with Gasteiger partial charge in [0.25, 0.3) is 11.8 Å². The van der Waals surface area contributed by atoms with E-state index in [9.17, 15) is 9.59 Å². The van der Waals surface area contributed by atoms with E-state index in [4.69, 9.17) is 9.47 Å². The summed E-state index contributed by atoms with van der Waals surface area (Å²) in [6.07, 6.45) is 7.72. The summed E-state index contributed by atoms with van der Waals surface area (Å²) >= 11 is 0. The van der Waals surface area contributed by atoms with Crippen molar-refractivity contribution < 1.29 is 19.1 Å². The summed E-state index contributed by atoms with van der Waals surface area (Å²) in [4.78, 5) is 34.9. The summed E-state index contributed by atoms with van der Waals surface area (Å²) in [6.45, 7) is 12.6. The molecule has 0 radical (unpaired) electrons. The monoisotopic (exact) mass is 562 g/mol. The van der Waals surface area contributed by atoms with Crippen LogP contribution in [0.15, 0.2) is 41.2 Å². The highest BCUT2D eigenvalue weighted by Gasteiger charge is 2.26. The topological polar surface area (TPSA) is 101 Å². The largest absolute Gasteiger partial charge is 0.381 e. The number of benzene rings is 1. The normalized spacial score (nSPS) is 20.5. The van der Waals surface area contributed by atoms with Gasteiger partial charge < -0.3 is 19.7 Å². The van der Waals surface area contributed by atoms with E-state index in [1.54, 1.807) is 0 Å². The maximum atomic E-state index is 13.7. The number of rotatable bonds is 9. The Balaban J connectivity index is 1.39. The lowest BCUT2D eigenvalue weighted by molar-refractivity contribution is -0.120. The van der Waals surface area contributed by atoms with Crippen LogP contribution < -0.4 is 10.2 Å². The molecule has 3 aliphatic rings. The molecule has 1 atom stereocenters. The van der Waals surface area contributed by atoms with Crippen molar-refractivity contribution in [2.24, 2.45) is 10.9 Å². The molecule has 220 valence electrons. The lowest BCUT2D eigenvalue weighted by Gasteiger charge is -2.34. The molecule has 3 aliphatic heterocycles. The molecule has 2 aromatic rings. The second-order valence-electron chi connectivity index (χ2n) is 11.3. The first kappa shape index (κ1) is 29.2. The van der Waals surface area contributed by atoms with Crippen LogP contribution in [-0.4, -0.2) is 97.9 Å². The minimum atomic E-state index is -0.444. The van der Waals surface area contributed by atoms with Crippen molar-refractivity contribution in [1.82, 2.24) is 20.0 Å². The Morgan fingerprint density at radius 2 is 1.78 bits per heavy atom. The fourth-order valence-electron chi connectivity index (χ4n) is 5.89. The molecule has 41 heavy (non-hydrogen) atoms. The van der Waals surface area contributed by atoms with E-state index in [1.807, 2.05) is 43.8 Å². The average Bonchev–Trinajstić information content (AvgIpc) is 3.45. The van der Waals surface area contributed by atoms with Gasteiger partial charge >= 0.3 is 0 Å². The number of hydrogen-bond acceptors (Lipinski definition) is 7. The molecule has 0 spiro atoms. The number of carbonyl (C=O) groups excluding carboxylic acids is 2. The Hall–Kier alpha value is -3.34. The van der Waals surface area contributed by atoms with Crippen molar-refractivity contribution in [3.63, 3.8) is 0 Å². The molecule has 0 bridgehead atoms. The number of allylic oxidation sites excluding steroid dienone is 1. The number of nitrogens with one attached hydrogen (secondary N) is 1. The number of dihydropyridines is 1. The van der Waals surface area contributed by atoms with Crippen molar-refractivity contribution in [3.8, 4) is 11.1 Å². The van der Waals surface area contributed by atoms with Crippen LogP contribution in [-0.2, 0) is 20.8 Å². The van der Waals surface area contributed by atoms with Crippen molar-refractivity contribution in [2.45, 2.75) is 46.2 Å². The maximum Gasteiger partial charge on any atom is 0.254 e. The van der Waals surface area contributed by atoms with E-state index < -0.39 is 5.92 Å². The number of ether oxygens (including phenoxy) is 2. The van der Waals surface area contributed by atoms with E-state index >= 15 is 0 Å². The highest BCUT2D eigenvalue weighted by Crippen LogP contribution is 2.33. The molecule has 5 rings (SSSR count). The molecule has 1 aromatic heterocycles. The van der Waals surface area contributed by atoms with Gasteiger partial charge in [-0.15, -0.1) is 0 Å². The summed E-state index contributed by atoms with van der Waals surface area (Å²) in [5.41, 5.74) is 6.05. The van der Waals surface area contributed by atoms with Crippen LogP contribution in [0.2, 0.25) is 0 Å². The second-order valence-corrected chi connectivity index (χ2v) is 11.3. The standard InChI is InChI=1S/C31H42N6O4/c1-21-15-22(2)34-31(39)28(21)19-32-30(38)27-16-24(17-29(23(27)3)35(4)26-5-11-40-12-6-26)25-18-33-37(20-25)8-7-36-9-13-41-14-10-36/h15-18,20,26,28H,5-14,19H2,1-4H3,(H,32,38). The van der Waals surface area contributed by atoms with E-state index in [0.29, 0.717) is 17.3 Å². The second kappa shape index (κ2) is 13.1. The van der Waals surface area contributed by atoms with Crippen molar-refractivity contribution in [2.75, 3.05) is 64.6 Å². The van der Waals surface area contributed by atoms with E-state index in [0.717, 1.165) is 93.4 Å². The van der Waals surface area contributed by atoms with Gasteiger partial charge in [-0.25, -0.2) is 4.99 Å². The van der Waals surface area contributed by atoms with Crippen LogP contribution >= 0.6 is 0 Å². The fourth-order valence-corrected chi connectivity index (χ4v) is 5.89. The summed E-state index contributed by atoms with van der Waals surface area (Å²) < 4.78 is 13.0. The molecule has 1 aromatic carbocycles. The molecular formula is C31H42N6O4. The number of aliphatic imine (C=N–C) groups is 1. The Morgan fingerprint density at radius 3 is 2.51 bits per heavy atom. The van der Waals surface area contributed by atoms with E-state index in [1.165, 1.54) is 0 Å². The van der Waals surface area contributed by atoms with E-state index in [2.05, 4.69) is 44.5 Å². The van der Waals surface area contributed by atoms with Crippen molar-refractivity contribution in [3.05, 3.63) is 47.3 Å². The molecular weight excluding hydrogens is 520 g/mol. The third kappa shape index (κ3) is 6.94. The first-order chi connectivity index (χ1) is 19.8. The summed E-state index contributed by atoms with van der Waals surface area (Å²) in [7, 11) is 2.10. The number of anilines is 1. The highest BCUT2D eigenvalue weighted by molar-refractivity contribution is 6.06. The number of amides is 2. The maximum absolute atomic E-state index is 13.7. The molecule has 2 saturated heterocycles. The number of hydrogen-bond donors (Lipinski definition) is 1. The van der Waals surface area contributed by atoms with Gasteiger partial charge in [-0.3, -0.25) is 19.2 Å².